The summed E-state index contributed by atoms with van der Waals surface area (Å²) in [7, 11) is 0. The Labute approximate surface area is 104 Å². The van der Waals surface area contributed by atoms with Crippen LogP contribution in [-0.2, 0) is 6.42 Å². The number of thioether (sulfide) groups is 1. The van der Waals surface area contributed by atoms with Gasteiger partial charge >= 0.3 is 0 Å². The fourth-order valence-electron chi connectivity index (χ4n) is 2.89. The molecular formula is C15H22S. The van der Waals surface area contributed by atoms with Gasteiger partial charge in [-0.1, -0.05) is 32.9 Å². The van der Waals surface area contributed by atoms with Crippen LogP contribution in [0.5, 0.6) is 0 Å². The van der Waals surface area contributed by atoms with Crippen LogP contribution >= 0.6 is 11.8 Å². The van der Waals surface area contributed by atoms with Gasteiger partial charge in [-0.05, 0) is 54.0 Å². The molecule has 0 spiro atoms. The number of hydrogen-bond donors (Lipinski definition) is 0. The summed E-state index contributed by atoms with van der Waals surface area (Å²) in [6, 6.07) is 6.83. The molecule has 0 fully saturated rings. The average Bonchev–Trinajstić information content (AvgIpc) is 2.26. The van der Waals surface area contributed by atoms with Crippen LogP contribution in [0.2, 0.25) is 0 Å². The standard InChI is InChI=1S/C15H22S/c1-15(2,3)12-9-5-7-11-8-6-10-13(16-4)14(11)12/h6,8,10,12H,5,7,9H2,1-4H3. The maximum atomic E-state index is 2.38. The normalized spacial score (nSPS) is 20.6. The van der Waals surface area contributed by atoms with Crippen molar-refractivity contribution in [3.63, 3.8) is 0 Å². The zero-order valence-electron chi connectivity index (χ0n) is 10.8. The Morgan fingerprint density at radius 2 is 2.00 bits per heavy atom. The largest absolute Gasteiger partial charge is 0.129 e. The van der Waals surface area contributed by atoms with Gasteiger partial charge in [-0.25, -0.2) is 0 Å². The number of benzene rings is 1. The Kier molecular flexibility index (Phi) is 3.34. The minimum atomic E-state index is 0.390. The van der Waals surface area contributed by atoms with Gasteiger partial charge in [0.15, 0.2) is 0 Å². The Morgan fingerprint density at radius 1 is 1.25 bits per heavy atom. The molecule has 0 saturated heterocycles. The topological polar surface area (TPSA) is 0 Å². The quantitative estimate of drug-likeness (QED) is 0.624. The van der Waals surface area contributed by atoms with Gasteiger partial charge in [0.25, 0.3) is 0 Å². The molecule has 0 saturated carbocycles. The second-order valence-corrected chi connectivity index (χ2v) is 6.69. The first kappa shape index (κ1) is 12.0. The first-order valence-electron chi connectivity index (χ1n) is 6.20. The van der Waals surface area contributed by atoms with Crippen molar-refractivity contribution in [3.05, 3.63) is 29.3 Å². The van der Waals surface area contributed by atoms with E-state index < -0.39 is 0 Å². The number of fused-ring (bicyclic) bond motifs is 1. The highest BCUT2D eigenvalue weighted by atomic mass is 32.2. The molecule has 0 radical (unpaired) electrons. The summed E-state index contributed by atoms with van der Waals surface area (Å²) in [6.07, 6.45) is 6.18. The van der Waals surface area contributed by atoms with Gasteiger partial charge in [0, 0.05) is 4.90 Å². The lowest BCUT2D eigenvalue weighted by Crippen LogP contribution is -2.23. The van der Waals surface area contributed by atoms with E-state index in [0.29, 0.717) is 5.41 Å². The first-order valence-corrected chi connectivity index (χ1v) is 7.42. The molecule has 1 unspecified atom stereocenters. The van der Waals surface area contributed by atoms with Gasteiger partial charge in [0.1, 0.15) is 0 Å². The molecule has 1 aromatic rings. The minimum Gasteiger partial charge on any atom is -0.129 e. The molecular weight excluding hydrogens is 212 g/mol. The number of hydrogen-bond acceptors (Lipinski definition) is 1. The van der Waals surface area contributed by atoms with Crippen molar-refractivity contribution in [1.82, 2.24) is 0 Å². The van der Waals surface area contributed by atoms with E-state index in [1.807, 2.05) is 11.8 Å². The third kappa shape index (κ3) is 2.15. The molecule has 0 amide bonds. The van der Waals surface area contributed by atoms with Gasteiger partial charge in [-0.3, -0.25) is 0 Å². The van der Waals surface area contributed by atoms with E-state index >= 15 is 0 Å². The third-order valence-corrected chi connectivity index (χ3v) is 4.50. The van der Waals surface area contributed by atoms with Crippen molar-refractivity contribution in [2.45, 2.75) is 50.8 Å². The smallest absolute Gasteiger partial charge is 0.0107 e. The zero-order valence-corrected chi connectivity index (χ0v) is 11.7. The Balaban J connectivity index is 2.51. The van der Waals surface area contributed by atoms with Crippen molar-refractivity contribution in [3.8, 4) is 0 Å². The Morgan fingerprint density at radius 3 is 2.62 bits per heavy atom. The molecule has 1 atom stereocenters. The molecule has 16 heavy (non-hydrogen) atoms. The van der Waals surface area contributed by atoms with Crippen molar-refractivity contribution >= 4 is 11.8 Å². The summed E-state index contributed by atoms with van der Waals surface area (Å²) in [5, 5.41) is 0. The van der Waals surface area contributed by atoms with Crippen LogP contribution in [-0.4, -0.2) is 6.26 Å². The summed E-state index contributed by atoms with van der Waals surface area (Å²) in [5.74, 6) is 0.736. The highest BCUT2D eigenvalue weighted by molar-refractivity contribution is 7.98. The predicted molar refractivity (Wildman–Crippen MR) is 73.4 cm³/mol. The molecule has 1 heteroatoms. The van der Waals surface area contributed by atoms with E-state index in [4.69, 9.17) is 0 Å². The van der Waals surface area contributed by atoms with Gasteiger partial charge in [-0.2, -0.15) is 0 Å². The predicted octanol–water partition coefficient (Wildman–Crippen LogP) is 4.87. The van der Waals surface area contributed by atoms with Crippen LogP contribution in [0, 0.1) is 5.41 Å². The lowest BCUT2D eigenvalue weighted by Gasteiger charge is -2.37. The Hall–Kier alpha value is -0.430. The maximum absolute atomic E-state index is 2.38. The SMILES string of the molecule is CSc1cccc2c1C(C(C)(C)C)CCC2. The minimum absolute atomic E-state index is 0.390. The fourth-order valence-corrected chi connectivity index (χ4v) is 3.60. The lowest BCUT2D eigenvalue weighted by molar-refractivity contribution is 0.286. The maximum Gasteiger partial charge on any atom is 0.0107 e. The van der Waals surface area contributed by atoms with Gasteiger partial charge < -0.3 is 0 Å². The molecule has 1 aromatic carbocycles. The van der Waals surface area contributed by atoms with Crippen molar-refractivity contribution in [1.29, 1.82) is 0 Å². The van der Waals surface area contributed by atoms with Crippen molar-refractivity contribution < 1.29 is 0 Å². The second-order valence-electron chi connectivity index (χ2n) is 5.84. The van der Waals surface area contributed by atoms with Gasteiger partial charge in [0.2, 0.25) is 0 Å². The van der Waals surface area contributed by atoms with Crippen LogP contribution in [0.1, 0.15) is 50.7 Å². The van der Waals surface area contributed by atoms with Gasteiger partial charge in [0.05, 0.1) is 0 Å². The monoisotopic (exact) mass is 234 g/mol. The van der Waals surface area contributed by atoms with E-state index in [0.717, 1.165) is 5.92 Å². The van der Waals surface area contributed by atoms with Crippen molar-refractivity contribution in [2.24, 2.45) is 5.41 Å². The van der Waals surface area contributed by atoms with E-state index in [9.17, 15) is 0 Å². The van der Waals surface area contributed by atoms with Crippen LogP contribution in [0.4, 0.5) is 0 Å². The lowest BCUT2D eigenvalue weighted by atomic mass is 9.69. The van der Waals surface area contributed by atoms with Crippen LogP contribution in [0.3, 0.4) is 0 Å². The fraction of sp³-hybridized carbons (Fsp3) is 0.600. The molecule has 1 aliphatic carbocycles. The zero-order chi connectivity index (χ0) is 11.8. The molecule has 0 N–H and O–H groups in total. The highest BCUT2D eigenvalue weighted by Crippen LogP contribution is 2.46. The summed E-state index contributed by atoms with van der Waals surface area (Å²) in [4.78, 5) is 1.50. The van der Waals surface area contributed by atoms with E-state index in [1.165, 1.54) is 24.2 Å². The van der Waals surface area contributed by atoms with E-state index in [2.05, 4.69) is 45.2 Å². The van der Waals surface area contributed by atoms with Gasteiger partial charge in [-0.15, -0.1) is 11.8 Å². The van der Waals surface area contributed by atoms with E-state index in [1.54, 1.807) is 11.1 Å². The van der Waals surface area contributed by atoms with E-state index in [-0.39, 0.29) is 0 Å². The summed E-state index contributed by atoms with van der Waals surface area (Å²) < 4.78 is 0. The molecule has 2 rings (SSSR count). The molecule has 0 aliphatic heterocycles. The third-order valence-electron chi connectivity index (χ3n) is 3.71. The molecule has 0 aromatic heterocycles. The molecule has 0 bridgehead atoms. The molecule has 0 heterocycles. The van der Waals surface area contributed by atoms with Crippen molar-refractivity contribution in [2.75, 3.05) is 6.26 Å². The van der Waals surface area contributed by atoms with Crippen LogP contribution in [0.25, 0.3) is 0 Å². The number of aryl methyl sites for hydroxylation is 1. The summed E-state index contributed by atoms with van der Waals surface area (Å²) in [6.45, 7) is 7.14. The Bertz CT molecular complexity index is 359. The number of rotatable bonds is 1. The summed E-state index contributed by atoms with van der Waals surface area (Å²) >= 11 is 1.90. The first-order chi connectivity index (χ1) is 7.54. The summed E-state index contributed by atoms with van der Waals surface area (Å²) in [5.41, 5.74) is 3.63. The van der Waals surface area contributed by atoms with Crippen LogP contribution < -0.4 is 0 Å². The molecule has 0 nitrogen and oxygen atoms in total. The second kappa shape index (κ2) is 4.44. The highest BCUT2D eigenvalue weighted by Gasteiger charge is 2.31. The average molecular weight is 234 g/mol. The molecule has 88 valence electrons. The molecule has 1 aliphatic rings. The van der Waals surface area contributed by atoms with Crippen LogP contribution in [0.15, 0.2) is 23.1 Å².